The van der Waals surface area contributed by atoms with Crippen LogP contribution in [-0.4, -0.2) is 38.3 Å². The van der Waals surface area contributed by atoms with E-state index in [1.165, 1.54) is 6.07 Å². The number of benzene rings is 2. The highest BCUT2D eigenvalue weighted by molar-refractivity contribution is 6.33. The number of fused-ring (bicyclic) bond motifs is 3. The van der Waals surface area contributed by atoms with Crippen molar-refractivity contribution in [3.05, 3.63) is 74.4 Å². The van der Waals surface area contributed by atoms with E-state index in [-0.39, 0.29) is 29.7 Å². The standard InChI is InChI=1S/C25H19ClN2O7/c26-15-4-2-1-3-13(15)12-5-6-16(29)19-14(12)8-10-7-11-9-17(30)20(24(27)34)23(33)25(11,28-35)22(32)18(10)21(19)31/h1-6,10-11,29,31,33H,7-9H2,(H2,27,34)/t10-,11+,25+/m1/s1. The van der Waals surface area contributed by atoms with Gasteiger partial charge in [-0.3, -0.25) is 14.4 Å². The summed E-state index contributed by atoms with van der Waals surface area (Å²) in [5.41, 5.74) is 3.56. The molecule has 3 atom stereocenters. The minimum absolute atomic E-state index is 0.00648. The number of rotatable bonds is 3. The molecule has 0 aromatic heterocycles. The van der Waals surface area contributed by atoms with Gasteiger partial charge < -0.3 is 21.1 Å². The van der Waals surface area contributed by atoms with E-state index in [4.69, 9.17) is 17.3 Å². The van der Waals surface area contributed by atoms with Gasteiger partial charge in [0.2, 0.25) is 11.3 Å². The Balaban J connectivity index is 1.75. The van der Waals surface area contributed by atoms with Crippen molar-refractivity contribution in [3.63, 3.8) is 0 Å². The van der Waals surface area contributed by atoms with Gasteiger partial charge in [-0.2, -0.15) is 0 Å². The molecule has 5 N–H and O–H groups in total. The molecule has 2 aromatic carbocycles. The molecule has 0 unspecified atom stereocenters. The lowest BCUT2D eigenvalue weighted by molar-refractivity contribution is -0.129. The van der Waals surface area contributed by atoms with E-state index in [1.807, 2.05) is 0 Å². The van der Waals surface area contributed by atoms with Crippen molar-refractivity contribution in [1.29, 1.82) is 0 Å². The Kier molecular flexibility index (Phi) is 5.06. The van der Waals surface area contributed by atoms with Crippen LogP contribution >= 0.6 is 11.6 Å². The third kappa shape index (κ3) is 2.97. The van der Waals surface area contributed by atoms with Gasteiger partial charge in [-0.05, 0) is 47.2 Å². The summed E-state index contributed by atoms with van der Waals surface area (Å²) in [6.45, 7) is 0. The predicted octanol–water partition coefficient (Wildman–Crippen LogP) is 3.52. The smallest absolute Gasteiger partial charge is 0.255 e. The van der Waals surface area contributed by atoms with Crippen molar-refractivity contribution >= 4 is 34.8 Å². The number of amides is 1. The van der Waals surface area contributed by atoms with Crippen LogP contribution in [0.1, 0.15) is 24.0 Å². The second-order valence-electron chi connectivity index (χ2n) is 8.96. The Labute approximate surface area is 203 Å². The molecule has 178 valence electrons. The molecule has 0 bridgehead atoms. The monoisotopic (exact) mass is 494 g/mol. The number of primary amides is 1. The maximum Gasteiger partial charge on any atom is 0.255 e. The predicted molar refractivity (Wildman–Crippen MR) is 125 cm³/mol. The summed E-state index contributed by atoms with van der Waals surface area (Å²) in [4.78, 5) is 50.1. The zero-order chi connectivity index (χ0) is 25.2. The highest BCUT2D eigenvalue weighted by Crippen LogP contribution is 2.54. The van der Waals surface area contributed by atoms with Gasteiger partial charge in [-0.15, -0.1) is 4.91 Å². The topological polar surface area (TPSA) is 167 Å². The third-order valence-corrected chi connectivity index (χ3v) is 7.58. The number of phenols is 1. The van der Waals surface area contributed by atoms with Crippen LogP contribution in [0.3, 0.4) is 0 Å². The fourth-order valence-electron chi connectivity index (χ4n) is 5.71. The number of Topliss-reactive ketones (excluding diaryl/α,β-unsaturated/α-hetero) is 2. The van der Waals surface area contributed by atoms with E-state index < -0.39 is 58.4 Å². The number of aromatic hydroxyl groups is 1. The molecule has 0 saturated heterocycles. The molecule has 35 heavy (non-hydrogen) atoms. The van der Waals surface area contributed by atoms with Crippen LogP contribution in [0.25, 0.3) is 16.9 Å². The van der Waals surface area contributed by atoms with Crippen LogP contribution < -0.4 is 5.73 Å². The largest absolute Gasteiger partial charge is 0.508 e. The van der Waals surface area contributed by atoms with Gasteiger partial charge in [-0.25, -0.2) is 0 Å². The van der Waals surface area contributed by atoms with Crippen molar-refractivity contribution in [2.75, 3.05) is 0 Å². The number of nitrogens with two attached hydrogens (primary N) is 1. The molecule has 0 spiro atoms. The van der Waals surface area contributed by atoms with Crippen molar-refractivity contribution in [2.24, 2.45) is 22.7 Å². The lowest BCUT2D eigenvalue weighted by Gasteiger charge is -2.45. The first kappa shape index (κ1) is 22.8. The van der Waals surface area contributed by atoms with E-state index in [2.05, 4.69) is 5.18 Å². The number of hydrogen-bond acceptors (Lipinski definition) is 8. The Bertz CT molecular complexity index is 1430. The van der Waals surface area contributed by atoms with Crippen molar-refractivity contribution in [3.8, 4) is 16.9 Å². The van der Waals surface area contributed by atoms with Gasteiger partial charge in [0.25, 0.3) is 5.91 Å². The van der Waals surface area contributed by atoms with Crippen molar-refractivity contribution < 1.29 is 29.7 Å². The number of nitroso groups, excluding NO2 is 1. The van der Waals surface area contributed by atoms with Crippen molar-refractivity contribution in [2.45, 2.75) is 24.8 Å². The molecular weight excluding hydrogens is 476 g/mol. The number of aliphatic hydroxyl groups excluding tert-OH is 2. The number of aliphatic hydroxyl groups is 2. The van der Waals surface area contributed by atoms with Gasteiger partial charge in [0.05, 0.1) is 5.56 Å². The van der Waals surface area contributed by atoms with Crippen LogP contribution in [0.5, 0.6) is 5.75 Å². The summed E-state index contributed by atoms with van der Waals surface area (Å²) < 4.78 is 0. The van der Waals surface area contributed by atoms with Crippen LogP contribution in [0.4, 0.5) is 0 Å². The van der Waals surface area contributed by atoms with Crippen molar-refractivity contribution in [1.82, 2.24) is 0 Å². The van der Waals surface area contributed by atoms with Gasteiger partial charge in [0.1, 0.15) is 22.8 Å². The Hall–Kier alpha value is -3.98. The number of carbonyl (C=O) groups excluding carboxylic acids is 3. The zero-order valence-corrected chi connectivity index (χ0v) is 18.9. The molecule has 2 aromatic rings. The fraction of sp³-hybridized carbons (Fsp3) is 0.240. The van der Waals surface area contributed by atoms with Gasteiger partial charge in [0.15, 0.2) is 5.78 Å². The van der Waals surface area contributed by atoms with Gasteiger partial charge in [0, 0.05) is 28.5 Å². The molecule has 9 nitrogen and oxygen atoms in total. The first-order valence-electron chi connectivity index (χ1n) is 10.8. The van der Waals surface area contributed by atoms with Crippen LogP contribution in [0.15, 0.2) is 58.5 Å². The minimum Gasteiger partial charge on any atom is -0.508 e. The molecule has 10 heteroatoms. The average molecular weight is 495 g/mol. The number of ketones is 2. The minimum atomic E-state index is -2.47. The molecular formula is C25H19ClN2O7. The first-order valence-corrected chi connectivity index (χ1v) is 11.2. The highest BCUT2D eigenvalue weighted by atomic mass is 35.5. The number of hydrogen-bond donors (Lipinski definition) is 4. The summed E-state index contributed by atoms with van der Waals surface area (Å²) in [5, 5.41) is 36.0. The lowest BCUT2D eigenvalue weighted by atomic mass is 9.57. The summed E-state index contributed by atoms with van der Waals surface area (Å²) in [5.74, 6) is -6.71. The molecule has 0 radical (unpaired) electrons. The maximum atomic E-state index is 13.7. The fourth-order valence-corrected chi connectivity index (χ4v) is 5.95. The molecule has 3 aliphatic carbocycles. The number of phenolic OH excluding ortho intramolecular Hbond substituents is 1. The maximum absolute atomic E-state index is 13.7. The van der Waals surface area contributed by atoms with Crippen LogP contribution in [0.2, 0.25) is 5.02 Å². The Morgan fingerprint density at radius 1 is 1.06 bits per heavy atom. The highest BCUT2D eigenvalue weighted by Gasteiger charge is 2.63. The molecule has 5 rings (SSSR count). The second-order valence-corrected chi connectivity index (χ2v) is 9.37. The van der Waals surface area contributed by atoms with E-state index in [9.17, 15) is 34.6 Å². The first-order chi connectivity index (χ1) is 16.6. The van der Waals surface area contributed by atoms with E-state index in [1.54, 1.807) is 30.3 Å². The lowest BCUT2D eigenvalue weighted by Crippen LogP contribution is -2.57. The zero-order valence-electron chi connectivity index (χ0n) is 18.1. The number of nitrogens with zero attached hydrogens (tertiary/aromatic N) is 1. The molecule has 1 saturated carbocycles. The van der Waals surface area contributed by atoms with E-state index in [0.717, 1.165) is 0 Å². The summed E-state index contributed by atoms with van der Waals surface area (Å²) >= 11 is 6.39. The Morgan fingerprint density at radius 2 is 1.77 bits per heavy atom. The summed E-state index contributed by atoms with van der Waals surface area (Å²) in [6, 6.07) is 10.1. The SMILES string of the molecule is NC(=O)C1=C(O)[C@@]2(N=O)C(=O)C3=C(O)c4c(O)ccc(-c5ccccc5Cl)c4C[C@H]3C[C@H]2CC1=O. The summed E-state index contributed by atoms with van der Waals surface area (Å²) in [6.07, 6.45) is -0.174. The molecule has 0 heterocycles. The number of carbonyl (C=O) groups is 3. The molecule has 1 fully saturated rings. The normalized spacial score (nSPS) is 25.6. The molecule has 3 aliphatic rings. The quantitative estimate of drug-likeness (QED) is 0.374. The Morgan fingerprint density at radius 3 is 2.43 bits per heavy atom. The van der Waals surface area contributed by atoms with E-state index in [0.29, 0.717) is 21.7 Å². The number of halogens is 1. The average Bonchev–Trinajstić information content (AvgIpc) is 2.79. The second kappa shape index (κ2) is 7.78. The molecule has 1 amide bonds. The van der Waals surface area contributed by atoms with E-state index >= 15 is 0 Å². The van der Waals surface area contributed by atoms with Gasteiger partial charge >= 0.3 is 0 Å². The third-order valence-electron chi connectivity index (χ3n) is 7.26. The van der Waals surface area contributed by atoms with Crippen LogP contribution in [-0.2, 0) is 20.8 Å². The van der Waals surface area contributed by atoms with Crippen LogP contribution in [0, 0.1) is 16.7 Å². The summed E-state index contributed by atoms with van der Waals surface area (Å²) in [7, 11) is 0. The molecule has 0 aliphatic heterocycles. The van der Waals surface area contributed by atoms with Gasteiger partial charge in [-0.1, -0.05) is 35.9 Å².